The van der Waals surface area contributed by atoms with E-state index in [0.29, 0.717) is 18.2 Å². The topological polar surface area (TPSA) is 46.3 Å². The van der Waals surface area contributed by atoms with Gasteiger partial charge in [0, 0.05) is 19.5 Å². The summed E-state index contributed by atoms with van der Waals surface area (Å²) in [5.74, 6) is 2.54. The number of amides is 1. The van der Waals surface area contributed by atoms with Crippen molar-refractivity contribution in [2.24, 2.45) is 28.9 Å². The van der Waals surface area contributed by atoms with E-state index in [0.717, 1.165) is 44.3 Å². The minimum Gasteiger partial charge on any atom is -0.342 e. The summed E-state index contributed by atoms with van der Waals surface area (Å²) in [6.45, 7) is 9.57. The molecular formula is C18H34N2O. The Morgan fingerprint density at radius 1 is 1.10 bits per heavy atom. The molecule has 0 aromatic heterocycles. The van der Waals surface area contributed by atoms with Crippen LogP contribution < -0.4 is 5.73 Å². The molecule has 0 aromatic rings. The van der Waals surface area contributed by atoms with Gasteiger partial charge in [-0.25, -0.2) is 0 Å². The van der Waals surface area contributed by atoms with E-state index < -0.39 is 0 Å². The van der Waals surface area contributed by atoms with Crippen LogP contribution >= 0.6 is 0 Å². The summed E-state index contributed by atoms with van der Waals surface area (Å²) in [5.41, 5.74) is 5.99. The lowest BCUT2D eigenvalue weighted by molar-refractivity contribution is -0.132. The maximum absolute atomic E-state index is 12.6. The first-order valence-electron chi connectivity index (χ1n) is 8.88. The molecule has 2 aliphatic rings. The van der Waals surface area contributed by atoms with Gasteiger partial charge in [0.05, 0.1) is 0 Å². The molecule has 1 unspecified atom stereocenters. The standard InChI is InChI=1S/C18H34N2O/c1-18(2,3)16(10-11-19)8-9-17(21)20(12-14-4-5-14)13-15-6-7-15/h14-16H,4-13,19H2,1-3H3. The maximum atomic E-state index is 12.6. The molecule has 3 heteroatoms. The summed E-state index contributed by atoms with van der Waals surface area (Å²) in [5, 5.41) is 0. The van der Waals surface area contributed by atoms with Gasteiger partial charge in [-0.1, -0.05) is 20.8 Å². The number of rotatable bonds is 9. The molecule has 0 spiro atoms. The normalized spacial score (nSPS) is 20.4. The Kier molecular flexibility index (Phi) is 5.70. The second kappa shape index (κ2) is 7.13. The number of nitrogens with two attached hydrogens (primary N) is 1. The smallest absolute Gasteiger partial charge is 0.222 e. The van der Waals surface area contributed by atoms with Gasteiger partial charge < -0.3 is 10.6 Å². The number of hydrogen-bond acceptors (Lipinski definition) is 2. The first-order chi connectivity index (χ1) is 9.90. The van der Waals surface area contributed by atoms with E-state index in [2.05, 4.69) is 25.7 Å². The molecule has 0 heterocycles. The minimum atomic E-state index is 0.247. The van der Waals surface area contributed by atoms with Crippen molar-refractivity contribution in [2.75, 3.05) is 19.6 Å². The van der Waals surface area contributed by atoms with Crippen molar-refractivity contribution in [3.8, 4) is 0 Å². The molecule has 2 aliphatic carbocycles. The van der Waals surface area contributed by atoms with Crippen molar-refractivity contribution >= 4 is 5.91 Å². The van der Waals surface area contributed by atoms with Gasteiger partial charge in [-0.05, 0) is 68.2 Å². The lowest BCUT2D eigenvalue weighted by atomic mass is 9.76. The van der Waals surface area contributed by atoms with Crippen LogP contribution in [0.1, 0.15) is 65.7 Å². The highest BCUT2D eigenvalue weighted by Gasteiger charge is 2.32. The molecule has 21 heavy (non-hydrogen) atoms. The summed E-state index contributed by atoms with van der Waals surface area (Å²) in [7, 11) is 0. The molecule has 2 rings (SSSR count). The summed E-state index contributed by atoms with van der Waals surface area (Å²) < 4.78 is 0. The Morgan fingerprint density at radius 2 is 1.62 bits per heavy atom. The Morgan fingerprint density at radius 3 is 2.00 bits per heavy atom. The average molecular weight is 294 g/mol. The van der Waals surface area contributed by atoms with E-state index in [1.165, 1.54) is 25.7 Å². The largest absolute Gasteiger partial charge is 0.342 e. The van der Waals surface area contributed by atoms with Gasteiger partial charge in [0.25, 0.3) is 0 Å². The molecule has 0 radical (unpaired) electrons. The molecule has 1 atom stereocenters. The molecule has 0 aliphatic heterocycles. The van der Waals surface area contributed by atoms with E-state index >= 15 is 0 Å². The highest BCUT2D eigenvalue weighted by atomic mass is 16.2. The van der Waals surface area contributed by atoms with Crippen molar-refractivity contribution in [3.63, 3.8) is 0 Å². The highest BCUT2D eigenvalue weighted by molar-refractivity contribution is 5.76. The number of carbonyl (C=O) groups is 1. The third-order valence-electron chi connectivity index (χ3n) is 5.15. The van der Waals surface area contributed by atoms with Gasteiger partial charge >= 0.3 is 0 Å². The van der Waals surface area contributed by atoms with Crippen molar-refractivity contribution in [1.82, 2.24) is 4.90 Å². The van der Waals surface area contributed by atoms with Crippen LogP contribution in [0.25, 0.3) is 0 Å². The summed E-state index contributed by atoms with van der Waals surface area (Å²) in [4.78, 5) is 14.8. The molecule has 2 N–H and O–H groups in total. The van der Waals surface area contributed by atoms with Crippen LogP contribution in [0.4, 0.5) is 0 Å². The lowest BCUT2D eigenvalue weighted by Crippen LogP contribution is -2.35. The quantitative estimate of drug-likeness (QED) is 0.708. The van der Waals surface area contributed by atoms with Crippen LogP contribution in [0.2, 0.25) is 0 Å². The van der Waals surface area contributed by atoms with Crippen molar-refractivity contribution in [3.05, 3.63) is 0 Å². The minimum absolute atomic E-state index is 0.247. The summed E-state index contributed by atoms with van der Waals surface area (Å²) in [6, 6.07) is 0. The zero-order valence-electron chi connectivity index (χ0n) is 14.2. The highest BCUT2D eigenvalue weighted by Crippen LogP contribution is 2.35. The molecule has 2 saturated carbocycles. The van der Waals surface area contributed by atoms with Crippen LogP contribution in [0.5, 0.6) is 0 Å². The maximum Gasteiger partial charge on any atom is 0.222 e. The van der Waals surface area contributed by atoms with Crippen LogP contribution in [-0.2, 0) is 4.79 Å². The first-order valence-corrected chi connectivity index (χ1v) is 8.88. The molecule has 122 valence electrons. The summed E-state index contributed by atoms with van der Waals surface area (Å²) >= 11 is 0. The lowest BCUT2D eigenvalue weighted by Gasteiger charge is -2.31. The first kappa shape index (κ1) is 16.8. The van der Waals surface area contributed by atoms with Gasteiger partial charge in [-0.2, -0.15) is 0 Å². The Bertz CT molecular complexity index is 326. The second-order valence-electron chi connectivity index (χ2n) is 8.36. The SMILES string of the molecule is CC(C)(C)C(CCN)CCC(=O)N(CC1CC1)CC1CC1. The Hall–Kier alpha value is -0.570. The Balaban J connectivity index is 1.81. The predicted octanol–water partition coefficient (Wildman–Crippen LogP) is 3.43. The van der Waals surface area contributed by atoms with Crippen molar-refractivity contribution in [2.45, 2.75) is 65.7 Å². The van der Waals surface area contributed by atoms with Gasteiger partial charge in [0.15, 0.2) is 0 Å². The summed E-state index contributed by atoms with van der Waals surface area (Å²) in [6.07, 6.45) is 8.03. The van der Waals surface area contributed by atoms with E-state index in [1.807, 2.05) is 0 Å². The molecule has 0 saturated heterocycles. The van der Waals surface area contributed by atoms with E-state index in [9.17, 15) is 4.79 Å². The molecular weight excluding hydrogens is 260 g/mol. The van der Waals surface area contributed by atoms with E-state index in [1.54, 1.807) is 0 Å². The fourth-order valence-corrected chi connectivity index (χ4v) is 3.17. The fourth-order valence-electron chi connectivity index (χ4n) is 3.17. The third-order valence-corrected chi connectivity index (χ3v) is 5.15. The molecule has 3 nitrogen and oxygen atoms in total. The fraction of sp³-hybridized carbons (Fsp3) is 0.944. The van der Waals surface area contributed by atoms with Crippen LogP contribution in [0, 0.1) is 23.2 Å². The van der Waals surface area contributed by atoms with Gasteiger partial charge in [-0.15, -0.1) is 0 Å². The van der Waals surface area contributed by atoms with Gasteiger partial charge in [0.2, 0.25) is 5.91 Å². The van der Waals surface area contributed by atoms with Crippen molar-refractivity contribution < 1.29 is 4.79 Å². The number of nitrogens with zero attached hydrogens (tertiary/aromatic N) is 1. The van der Waals surface area contributed by atoms with E-state index in [-0.39, 0.29) is 5.41 Å². The monoisotopic (exact) mass is 294 g/mol. The van der Waals surface area contributed by atoms with Crippen molar-refractivity contribution in [1.29, 1.82) is 0 Å². The zero-order valence-corrected chi connectivity index (χ0v) is 14.2. The zero-order chi connectivity index (χ0) is 15.5. The second-order valence-corrected chi connectivity index (χ2v) is 8.36. The average Bonchev–Trinajstić information content (AvgIpc) is 3.26. The van der Waals surface area contributed by atoms with Crippen LogP contribution in [0.3, 0.4) is 0 Å². The number of hydrogen-bond donors (Lipinski definition) is 1. The molecule has 1 amide bonds. The van der Waals surface area contributed by atoms with E-state index in [4.69, 9.17) is 5.73 Å². The van der Waals surface area contributed by atoms with Crippen LogP contribution in [-0.4, -0.2) is 30.4 Å². The molecule has 0 aromatic carbocycles. The predicted molar refractivity (Wildman–Crippen MR) is 87.9 cm³/mol. The van der Waals surface area contributed by atoms with Crippen LogP contribution in [0.15, 0.2) is 0 Å². The molecule has 0 bridgehead atoms. The molecule has 2 fully saturated rings. The van der Waals surface area contributed by atoms with Gasteiger partial charge in [0.1, 0.15) is 0 Å². The third kappa shape index (κ3) is 5.98. The Labute approximate surface area is 130 Å². The van der Waals surface area contributed by atoms with Gasteiger partial charge in [-0.3, -0.25) is 4.79 Å². The number of carbonyl (C=O) groups excluding carboxylic acids is 1.